The number of piperidine rings is 1. The summed E-state index contributed by atoms with van der Waals surface area (Å²) >= 11 is 1.42. The van der Waals surface area contributed by atoms with Crippen LogP contribution in [0.1, 0.15) is 68.6 Å². The first-order chi connectivity index (χ1) is 14.2. The number of benzene rings is 1. The van der Waals surface area contributed by atoms with Crippen LogP contribution in [0.15, 0.2) is 29.6 Å². The predicted molar refractivity (Wildman–Crippen MR) is 122 cm³/mol. The van der Waals surface area contributed by atoms with E-state index in [0.717, 1.165) is 30.9 Å². The van der Waals surface area contributed by atoms with Crippen LogP contribution in [0, 0.1) is 0 Å². The summed E-state index contributed by atoms with van der Waals surface area (Å²) in [5.41, 5.74) is 2.71. The highest BCUT2D eigenvalue weighted by molar-refractivity contribution is 7.13. The molecule has 1 aliphatic rings. The lowest BCUT2D eigenvalue weighted by molar-refractivity contribution is -0.117. The topological polar surface area (TPSA) is 74.3 Å². The van der Waals surface area contributed by atoms with Gasteiger partial charge in [0.1, 0.15) is 6.04 Å². The third-order valence-electron chi connectivity index (χ3n) is 5.37. The van der Waals surface area contributed by atoms with Crippen LogP contribution in [-0.2, 0) is 16.8 Å². The van der Waals surface area contributed by atoms with Gasteiger partial charge in [0.15, 0.2) is 5.13 Å². The van der Waals surface area contributed by atoms with Crippen molar-refractivity contribution in [1.29, 1.82) is 0 Å². The van der Waals surface area contributed by atoms with E-state index < -0.39 is 6.04 Å². The van der Waals surface area contributed by atoms with E-state index in [1.54, 1.807) is 19.1 Å². The van der Waals surface area contributed by atoms with Crippen LogP contribution in [0.5, 0.6) is 0 Å². The summed E-state index contributed by atoms with van der Waals surface area (Å²) in [6.07, 6.45) is 3.78. The zero-order valence-corrected chi connectivity index (χ0v) is 19.1. The van der Waals surface area contributed by atoms with Crippen LogP contribution >= 0.6 is 11.3 Å². The van der Waals surface area contributed by atoms with E-state index in [1.165, 1.54) is 30.6 Å². The molecule has 2 N–H and O–H groups in total. The number of rotatable bonds is 6. The lowest BCUT2D eigenvalue weighted by atomic mass is 9.86. The summed E-state index contributed by atoms with van der Waals surface area (Å²) in [6, 6.07) is 6.86. The maximum atomic E-state index is 12.5. The van der Waals surface area contributed by atoms with Crippen LogP contribution in [0.3, 0.4) is 0 Å². The molecule has 1 aromatic carbocycles. The van der Waals surface area contributed by atoms with E-state index in [2.05, 4.69) is 41.3 Å². The second-order valence-electron chi connectivity index (χ2n) is 8.99. The molecule has 0 aliphatic carbocycles. The van der Waals surface area contributed by atoms with Crippen LogP contribution in [0.2, 0.25) is 0 Å². The van der Waals surface area contributed by atoms with Crippen LogP contribution in [-0.4, -0.2) is 40.8 Å². The van der Waals surface area contributed by atoms with Gasteiger partial charge in [-0.25, -0.2) is 4.98 Å². The Kier molecular flexibility index (Phi) is 7.26. The Morgan fingerprint density at radius 2 is 1.80 bits per heavy atom. The highest BCUT2D eigenvalue weighted by Gasteiger charge is 2.20. The van der Waals surface area contributed by atoms with Crippen LogP contribution in [0.25, 0.3) is 0 Å². The molecule has 1 unspecified atom stereocenters. The number of nitrogens with zero attached hydrogens (tertiary/aromatic N) is 2. The van der Waals surface area contributed by atoms with Gasteiger partial charge in [0.2, 0.25) is 5.91 Å². The fraction of sp³-hybridized carbons (Fsp3) is 0.522. The minimum absolute atomic E-state index is 0.0305. The summed E-state index contributed by atoms with van der Waals surface area (Å²) in [4.78, 5) is 31.9. The van der Waals surface area contributed by atoms with E-state index in [9.17, 15) is 9.59 Å². The highest BCUT2D eigenvalue weighted by Crippen LogP contribution is 2.22. The number of hydrogen-bond acceptors (Lipinski definition) is 5. The van der Waals surface area contributed by atoms with Crippen molar-refractivity contribution in [3.05, 3.63) is 46.5 Å². The van der Waals surface area contributed by atoms with Gasteiger partial charge in [-0.2, -0.15) is 0 Å². The summed E-state index contributed by atoms with van der Waals surface area (Å²) < 4.78 is 0. The molecule has 0 spiro atoms. The van der Waals surface area contributed by atoms with Gasteiger partial charge in [0.05, 0.1) is 5.69 Å². The molecule has 1 atom stereocenters. The van der Waals surface area contributed by atoms with Crippen molar-refractivity contribution in [2.75, 3.05) is 18.4 Å². The van der Waals surface area contributed by atoms with Gasteiger partial charge in [-0.1, -0.05) is 39.3 Å². The second-order valence-corrected chi connectivity index (χ2v) is 9.85. The minimum atomic E-state index is -0.658. The zero-order chi connectivity index (χ0) is 21.7. The molecule has 1 aromatic heterocycles. The first-order valence-corrected chi connectivity index (χ1v) is 11.5. The smallest absolute Gasteiger partial charge is 0.251 e. The Balaban J connectivity index is 1.51. The monoisotopic (exact) mass is 428 g/mol. The third-order valence-corrected chi connectivity index (χ3v) is 6.18. The summed E-state index contributed by atoms with van der Waals surface area (Å²) in [5.74, 6) is -0.531. The zero-order valence-electron chi connectivity index (χ0n) is 18.3. The molecule has 6 nitrogen and oxygen atoms in total. The van der Waals surface area contributed by atoms with Gasteiger partial charge in [-0.3, -0.25) is 14.5 Å². The molecule has 0 radical (unpaired) electrons. The van der Waals surface area contributed by atoms with Crippen molar-refractivity contribution in [2.24, 2.45) is 0 Å². The second kappa shape index (κ2) is 9.71. The van der Waals surface area contributed by atoms with Crippen molar-refractivity contribution in [3.63, 3.8) is 0 Å². The van der Waals surface area contributed by atoms with E-state index >= 15 is 0 Å². The quantitative estimate of drug-likeness (QED) is 0.724. The maximum Gasteiger partial charge on any atom is 0.251 e. The number of anilines is 1. The fourth-order valence-corrected chi connectivity index (χ4v) is 4.17. The maximum absolute atomic E-state index is 12.5. The molecule has 7 heteroatoms. The van der Waals surface area contributed by atoms with Crippen molar-refractivity contribution in [3.8, 4) is 0 Å². The Labute approximate surface area is 183 Å². The first kappa shape index (κ1) is 22.4. The van der Waals surface area contributed by atoms with Crippen LogP contribution < -0.4 is 10.6 Å². The standard InChI is InChI=1S/C23H32N4O2S/c1-16(24-21(29)17-8-10-18(11-9-17)23(2,3)4)20(28)26-22-25-19(15-30-22)14-27-12-6-5-7-13-27/h8-11,15-16H,5-7,12-14H2,1-4H3,(H,24,29)(H,25,26,28). The molecular weight excluding hydrogens is 396 g/mol. The lowest BCUT2D eigenvalue weighted by Crippen LogP contribution is -2.41. The van der Waals surface area contributed by atoms with E-state index in [4.69, 9.17) is 0 Å². The Morgan fingerprint density at radius 3 is 2.43 bits per heavy atom. The third kappa shape index (κ3) is 6.12. The summed E-state index contributed by atoms with van der Waals surface area (Å²) in [6.45, 7) is 11.1. The largest absolute Gasteiger partial charge is 0.341 e. The number of amides is 2. The summed E-state index contributed by atoms with van der Waals surface area (Å²) in [7, 11) is 0. The number of carbonyl (C=O) groups excluding carboxylic acids is 2. The molecule has 1 saturated heterocycles. The van der Waals surface area contributed by atoms with Crippen molar-refractivity contribution in [1.82, 2.24) is 15.2 Å². The number of carbonyl (C=O) groups is 2. The molecule has 2 amide bonds. The van der Waals surface area contributed by atoms with Crippen molar-refractivity contribution < 1.29 is 9.59 Å². The van der Waals surface area contributed by atoms with Gasteiger partial charge in [-0.05, 0) is 56.0 Å². The van der Waals surface area contributed by atoms with Gasteiger partial charge in [0, 0.05) is 17.5 Å². The molecule has 0 bridgehead atoms. The van der Waals surface area contributed by atoms with E-state index in [-0.39, 0.29) is 17.2 Å². The molecule has 0 saturated carbocycles. The van der Waals surface area contributed by atoms with Crippen molar-refractivity contribution >= 4 is 28.3 Å². The van der Waals surface area contributed by atoms with Gasteiger partial charge >= 0.3 is 0 Å². The number of thiazole rings is 1. The molecule has 162 valence electrons. The number of aromatic nitrogens is 1. The Bertz CT molecular complexity index is 864. The average Bonchev–Trinajstić information content (AvgIpc) is 3.14. The SMILES string of the molecule is CC(NC(=O)c1ccc(C(C)(C)C)cc1)C(=O)Nc1nc(CN2CCCCC2)cs1. The minimum Gasteiger partial charge on any atom is -0.341 e. The molecule has 2 aromatic rings. The molecule has 30 heavy (non-hydrogen) atoms. The Morgan fingerprint density at radius 1 is 1.13 bits per heavy atom. The molecule has 3 rings (SSSR count). The molecular formula is C23H32N4O2S. The van der Waals surface area contributed by atoms with Gasteiger partial charge < -0.3 is 10.6 Å². The van der Waals surface area contributed by atoms with Gasteiger partial charge in [-0.15, -0.1) is 11.3 Å². The molecule has 1 fully saturated rings. The lowest BCUT2D eigenvalue weighted by Gasteiger charge is -2.25. The predicted octanol–water partition coefficient (Wildman–Crippen LogP) is 4.18. The number of hydrogen-bond donors (Lipinski definition) is 2. The molecule has 2 heterocycles. The van der Waals surface area contributed by atoms with Gasteiger partial charge in [0.25, 0.3) is 5.91 Å². The normalized spacial score (nSPS) is 16.1. The fourth-order valence-electron chi connectivity index (χ4n) is 3.46. The number of likely N-dealkylation sites (tertiary alicyclic amines) is 1. The Hall–Kier alpha value is -2.25. The molecule has 1 aliphatic heterocycles. The number of nitrogens with one attached hydrogen (secondary N) is 2. The first-order valence-electron chi connectivity index (χ1n) is 10.6. The summed E-state index contributed by atoms with van der Waals surface area (Å²) in [5, 5.41) is 8.15. The highest BCUT2D eigenvalue weighted by atomic mass is 32.1. The van der Waals surface area contributed by atoms with Crippen molar-refractivity contribution in [2.45, 2.75) is 65.0 Å². The average molecular weight is 429 g/mol. The van der Waals surface area contributed by atoms with Crippen LogP contribution in [0.4, 0.5) is 5.13 Å². The van der Waals surface area contributed by atoms with E-state index in [0.29, 0.717) is 10.7 Å². The van der Waals surface area contributed by atoms with E-state index in [1.807, 2.05) is 17.5 Å².